The lowest BCUT2D eigenvalue weighted by molar-refractivity contribution is 0.311. The van der Waals surface area contributed by atoms with Gasteiger partial charge in [-0.2, -0.15) is 5.26 Å². The van der Waals surface area contributed by atoms with Gasteiger partial charge < -0.3 is 14.8 Å². The molecule has 1 aromatic heterocycles. The van der Waals surface area contributed by atoms with Crippen LogP contribution in [-0.2, 0) is 0 Å². The second-order valence-corrected chi connectivity index (χ2v) is 4.87. The van der Waals surface area contributed by atoms with Gasteiger partial charge in [0.25, 0.3) is 0 Å². The van der Waals surface area contributed by atoms with Crippen molar-refractivity contribution < 1.29 is 9.52 Å². The first-order valence-electron chi connectivity index (χ1n) is 5.84. The van der Waals surface area contributed by atoms with Gasteiger partial charge in [0, 0.05) is 22.6 Å². The van der Waals surface area contributed by atoms with Crippen molar-refractivity contribution in [3.8, 4) is 17.4 Å². The molecule has 0 aliphatic rings. The van der Waals surface area contributed by atoms with E-state index in [2.05, 4.69) is 21.2 Å². The number of rotatable bonds is 4. The van der Waals surface area contributed by atoms with Crippen LogP contribution in [0.2, 0.25) is 0 Å². The standard InChI is InChI=1S/C14H11BrN2O3/c15-10-3-1-9(2-4-10)13-7-12(17-5-6-18)11(8-16)14(19)20-13/h1-4,7,17-18H,5-6H2. The molecular formula is C14H11BrN2O3. The van der Waals surface area contributed by atoms with Crippen LogP contribution in [0, 0.1) is 11.3 Å². The van der Waals surface area contributed by atoms with Crippen molar-refractivity contribution in [1.82, 2.24) is 0 Å². The van der Waals surface area contributed by atoms with Crippen LogP contribution in [0.15, 0.2) is 44.0 Å². The third kappa shape index (κ3) is 3.07. The van der Waals surface area contributed by atoms with E-state index in [1.807, 2.05) is 12.1 Å². The van der Waals surface area contributed by atoms with Crippen molar-refractivity contribution in [2.45, 2.75) is 0 Å². The Hall–Kier alpha value is -2.10. The van der Waals surface area contributed by atoms with Crippen molar-refractivity contribution >= 4 is 21.6 Å². The largest absolute Gasteiger partial charge is 0.422 e. The SMILES string of the molecule is N#Cc1c(NCCO)cc(-c2ccc(Br)cc2)oc1=O. The molecule has 0 aliphatic heterocycles. The molecule has 2 N–H and O–H groups in total. The quantitative estimate of drug-likeness (QED) is 0.896. The molecular weight excluding hydrogens is 324 g/mol. The molecule has 0 saturated heterocycles. The van der Waals surface area contributed by atoms with E-state index in [0.717, 1.165) is 10.0 Å². The lowest BCUT2D eigenvalue weighted by atomic mass is 10.1. The van der Waals surface area contributed by atoms with Gasteiger partial charge in [0.15, 0.2) is 5.56 Å². The molecule has 0 saturated carbocycles. The van der Waals surface area contributed by atoms with Crippen LogP contribution in [0.1, 0.15) is 5.56 Å². The Kier molecular flexibility index (Phi) is 4.56. The number of hydrogen-bond donors (Lipinski definition) is 2. The molecule has 0 amide bonds. The van der Waals surface area contributed by atoms with Crippen LogP contribution in [-0.4, -0.2) is 18.3 Å². The summed E-state index contributed by atoms with van der Waals surface area (Å²) >= 11 is 3.33. The molecule has 0 radical (unpaired) electrons. The number of nitrogens with zero attached hydrogens (tertiary/aromatic N) is 1. The molecule has 2 rings (SSSR count). The molecule has 2 aromatic rings. The number of aliphatic hydroxyl groups is 1. The summed E-state index contributed by atoms with van der Waals surface area (Å²) in [5.74, 6) is 0.363. The molecule has 0 bridgehead atoms. The smallest absolute Gasteiger partial charge is 0.356 e. The number of halogens is 1. The molecule has 0 aliphatic carbocycles. The normalized spacial score (nSPS) is 10.1. The Bertz CT molecular complexity index is 702. The Morgan fingerprint density at radius 3 is 2.65 bits per heavy atom. The maximum atomic E-state index is 11.8. The predicted octanol–water partition coefficient (Wildman–Crippen LogP) is 2.35. The highest BCUT2D eigenvalue weighted by molar-refractivity contribution is 9.10. The second kappa shape index (κ2) is 6.37. The van der Waals surface area contributed by atoms with E-state index in [0.29, 0.717) is 11.4 Å². The molecule has 0 fully saturated rings. The molecule has 5 nitrogen and oxygen atoms in total. The summed E-state index contributed by atoms with van der Waals surface area (Å²) < 4.78 is 6.06. The number of anilines is 1. The first-order chi connectivity index (χ1) is 9.65. The topological polar surface area (TPSA) is 86.3 Å². The van der Waals surface area contributed by atoms with E-state index in [-0.39, 0.29) is 18.7 Å². The number of aliphatic hydroxyl groups excluding tert-OH is 1. The molecule has 1 aromatic carbocycles. The van der Waals surface area contributed by atoms with Crippen molar-refractivity contribution in [3.63, 3.8) is 0 Å². The van der Waals surface area contributed by atoms with Crippen molar-refractivity contribution in [2.24, 2.45) is 0 Å². The minimum atomic E-state index is -0.701. The Morgan fingerprint density at radius 1 is 1.35 bits per heavy atom. The minimum Gasteiger partial charge on any atom is -0.422 e. The van der Waals surface area contributed by atoms with Gasteiger partial charge in [0.2, 0.25) is 0 Å². The molecule has 0 unspecified atom stereocenters. The Balaban J connectivity index is 2.50. The fourth-order valence-electron chi connectivity index (χ4n) is 1.69. The van der Waals surface area contributed by atoms with Crippen LogP contribution in [0.4, 0.5) is 5.69 Å². The van der Waals surface area contributed by atoms with E-state index in [1.165, 1.54) is 0 Å². The summed E-state index contributed by atoms with van der Waals surface area (Å²) in [7, 11) is 0. The van der Waals surface area contributed by atoms with Gasteiger partial charge >= 0.3 is 5.63 Å². The lowest BCUT2D eigenvalue weighted by Gasteiger charge is -2.08. The number of nitrogens with one attached hydrogen (secondary N) is 1. The molecule has 6 heteroatoms. The third-order valence-corrected chi connectivity index (χ3v) is 3.15. The van der Waals surface area contributed by atoms with E-state index < -0.39 is 5.63 Å². The lowest BCUT2D eigenvalue weighted by Crippen LogP contribution is -2.13. The second-order valence-electron chi connectivity index (χ2n) is 3.96. The van der Waals surface area contributed by atoms with Gasteiger partial charge in [-0.25, -0.2) is 4.79 Å². The van der Waals surface area contributed by atoms with Gasteiger partial charge in [-0.15, -0.1) is 0 Å². The summed E-state index contributed by atoms with van der Waals surface area (Å²) in [5.41, 5.74) is 0.283. The molecule has 0 spiro atoms. The summed E-state index contributed by atoms with van der Waals surface area (Å²) in [4.78, 5) is 11.8. The van der Waals surface area contributed by atoms with E-state index in [9.17, 15) is 4.79 Å². The third-order valence-electron chi connectivity index (χ3n) is 2.62. The van der Waals surface area contributed by atoms with Gasteiger partial charge in [0.05, 0.1) is 12.3 Å². The monoisotopic (exact) mass is 334 g/mol. The molecule has 1 heterocycles. The fourth-order valence-corrected chi connectivity index (χ4v) is 1.95. The molecule has 20 heavy (non-hydrogen) atoms. The average molecular weight is 335 g/mol. The van der Waals surface area contributed by atoms with Crippen molar-refractivity contribution in [3.05, 3.63) is 50.8 Å². The highest BCUT2D eigenvalue weighted by atomic mass is 79.9. The first-order valence-corrected chi connectivity index (χ1v) is 6.64. The van der Waals surface area contributed by atoms with Crippen molar-refractivity contribution in [2.75, 3.05) is 18.5 Å². The van der Waals surface area contributed by atoms with Gasteiger partial charge in [-0.1, -0.05) is 28.1 Å². The van der Waals surface area contributed by atoms with E-state index in [4.69, 9.17) is 14.8 Å². The summed E-state index contributed by atoms with van der Waals surface area (Å²) in [6.07, 6.45) is 0. The fraction of sp³-hybridized carbons (Fsp3) is 0.143. The Labute approximate surface area is 123 Å². The number of benzene rings is 1. The van der Waals surface area contributed by atoms with E-state index in [1.54, 1.807) is 24.3 Å². The maximum Gasteiger partial charge on any atom is 0.356 e. The number of hydrogen-bond acceptors (Lipinski definition) is 5. The van der Waals surface area contributed by atoms with Gasteiger partial charge in [-0.05, 0) is 12.1 Å². The first kappa shape index (κ1) is 14.3. The van der Waals surface area contributed by atoms with Crippen molar-refractivity contribution in [1.29, 1.82) is 5.26 Å². The van der Waals surface area contributed by atoms with Gasteiger partial charge in [-0.3, -0.25) is 0 Å². The van der Waals surface area contributed by atoms with Crippen LogP contribution in [0.5, 0.6) is 0 Å². The Morgan fingerprint density at radius 2 is 2.05 bits per heavy atom. The minimum absolute atomic E-state index is 0.0979. The number of nitriles is 1. The van der Waals surface area contributed by atoms with Crippen LogP contribution < -0.4 is 10.9 Å². The van der Waals surface area contributed by atoms with Crippen LogP contribution >= 0.6 is 15.9 Å². The van der Waals surface area contributed by atoms with Crippen LogP contribution in [0.25, 0.3) is 11.3 Å². The van der Waals surface area contributed by atoms with E-state index >= 15 is 0 Å². The summed E-state index contributed by atoms with van der Waals surface area (Å²) in [6, 6.07) is 10.6. The molecule has 102 valence electrons. The summed E-state index contributed by atoms with van der Waals surface area (Å²) in [6.45, 7) is 0.149. The highest BCUT2D eigenvalue weighted by Crippen LogP contribution is 2.24. The maximum absolute atomic E-state index is 11.8. The summed E-state index contributed by atoms with van der Waals surface area (Å²) in [5, 5.41) is 20.6. The van der Waals surface area contributed by atoms with Crippen LogP contribution in [0.3, 0.4) is 0 Å². The molecule has 0 atom stereocenters. The zero-order valence-corrected chi connectivity index (χ0v) is 12.0. The average Bonchev–Trinajstić information content (AvgIpc) is 2.45. The zero-order valence-electron chi connectivity index (χ0n) is 10.4. The van der Waals surface area contributed by atoms with Gasteiger partial charge in [0.1, 0.15) is 11.8 Å². The highest BCUT2D eigenvalue weighted by Gasteiger charge is 2.12. The predicted molar refractivity (Wildman–Crippen MR) is 78.4 cm³/mol. The zero-order chi connectivity index (χ0) is 14.5.